The SMILES string of the molecule is O=S(=O)(O)C(F)(F)CI. The largest absolute Gasteiger partial charge is 0.378 e. The molecule has 0 aliphatic carbocycles. The van der Waals surface area contributed by atoms with Crippen LogP contribution in [0.1, 0.15) is 0 Å². The lowest BCUT2D eigenvalue weighted by molar-refractivity contribution is 0.110. The molecule has 0 rings (SSSR count). The molecule has 0 unspecified atom stereocenters. The van der Waals surface area contributed by atoms with Crippen LogP contribution in [0.5, 0.6) is 0 Å². The van der Waals surface area contributed by atoms with Gasteiger partial charge in [0.1, 0.15) is 0 Å². The van der Waals surface area contributed by atoms with Gasteiger partial charge in [-0.2, -0.15) is 17.2 Å². The minimum atomic E-state index is -5.19. The summed E-state index contributed by atoms with van der Waals surface area (Å²) in [6, 6.07) is 0. The van der Waals surface area contributed by atoms with E-state index in [1.807, 2.05) is 0 Å². The van der Waals surface area contributed by atoms with Crippen LogP contribution in [0, 0.1) is 0 Å². The Morgan fingerprint density at radius 3 is 1.89 bits per heavy atom. The Kier molecular flexibility index (Phi) is 2.77. The molecule has 0 bridgehead atoms. The van der Waals surface area contributed by atoms with Crippen LogP contribution in [0.4, 0.5) is 8.78 Å². The summed E-state index contributed by atoms with van der Waals surface area (Å²) in [5, 5.41) is -4.01. The zero-order valence-corrected chi connectivity index (χ0v) is 6.99. The molecule has 0 aromatic carbocycles. The lowest BCUT2D eigenvalue weighted by Crippen LogP contribution is -2.29. The van der Waals surface area contributed by atoms with Crippen molar-refractivity contribution in [1.82, 2.24) is 0 Å². The van der Waals surface area contributed by atoms with Gasteiger partial charge in [-0.15, -0.1) is 0 Å². The first-order valence-corrected chi connectivity index (χ1v) is 4.68. The molecule has 0 heterocycles. The van der Waals surface area contributed by atoms with E-state index in [-0.39, 0.29) is 0 Å². The zero-order valence-electron chi connectivity index (χ0n) is 4.01. The van der Waals surface area contributed by atoms with Crippen molar-refractivity contribution in [3.63, 3.8) is 0 Å². The molecule has 9 heavy (non-hydrogen) atoms. The molecule has 56 valence electrons. The summed E-state index contributed by atoms with van der Waals surface area (Å²) in [5.74, 6) is 0. The molecule has 0 atom stereocenters. The molecule has 0 spiro atoms. The molecule has 0 aliphatic rings. The Morgan fingerprint density at radius 2 is 1.89 bits per heavy atom. The van der Waals surface area contributed by atoms with Crippen molar-refractivity contribution in [3.05, 3.63) is 0 Å². The fourth-order valence-corrected chi connectivity index (χ4v) is 1.39. The molecular formula is C2H3F2IO3S. The van der Waals surface area contributed by atoms with E-state index in [0.29, 0.717) is 0 Å². The maximum absolute atomic E-state index is 11.8. The third-order valence-electron chi connectivity index (χ3n) is 0.533. The number of hydrogen-bond acceptors (Lipinski definition) is 2. The summed E-state index contributed by atoms with van der Waals surface area (Å²) < 4.78 is 49.8. The van der Waals surface area contributed by atoms with E-state index in [2.05, 4.69) is 0 Å². The highest BCUT2D eigenvalue weighted by Crippen LogP contribution is 2.22. The molecular weight excluding hydrogens is 269 g/mol. The van der Waals surface area contributed by atoms with Crippen LogP contribution < -0.4 is 0 Å². The van der Waals surface area contributed by atoms with Crippen LogP contribution in [0.2, 0.25) is 0 Å². The lowest BCUT2D eigenvalue weighted by atomic mass is 10.9. The second kappa shape index (κ2) is 2.62. The molecule has 0 aromatic heterocycles. The highest BCUT2D eigenvalue weighted by molar-refractivity contribution is 14.1. The van der Waals surface area contributed by atoms with Crippen molar-refractivity contribution in [2.45, 2.75) is 5.25 Å². The zero-order chi connectivity index (χ0) is 7.71. The molecule has 1 N–H and O–H groups in total. The molecule has 0 saturated carbocycles. The van der Waals surface area contributed by atoms with Crippen molar-refractivity contribution >= 4 is 32.7 Å². The number of alkyl halides is 3. The lowest BCUT2D eigenvalue weighted by Gasteiger charge is -2.06. The van der Waals surface area contributed by atoms with Gasteiger partial charge >= 0.3 is 15.4 Å². The van der Waals surface area contributed by atoms with E-state index in [0.717, 1.165) is 0 Å². The van der Waals surface area contributed by atoms with Crippen molar-refractivity contribution in [3.8, 4) is 0 Å². The Bertz CT molecular complexity index is 186. The van der Waals surface area contributed by atoms with Crippen LogP contribution in [-0.4, -0.2) is 22.7 Å². The van der Waals surface area contributed by atoms with E-state index in [1.54, 1.807) is 0 Å². The minimum absolute atomic E-state index is 0.941. The molecule has 0 saturated heterocycles. The average molecular weight is 272 g/mol. The van der Waals surface area contributed by atoms with Crippen molar-refractivity contribution in [2.24, 2.45) is 0 Å². The highest BCUT2D eigenvalue weighted by atomic mass is 127. The smallest absolute Gasteiger partial charge is 0.281 e. The standard InChI is InChI=1S/C2H3F2IO3S/c3-2(4,1-5)9(6,7)8/h1H2,(H,6,7,8). The van der Waals surface area contributed by atoms with Gasteiger partial charge in [0.15, 0.2) is 0 Å². The summed E-state index contributed by atoms with van der Waals surface area (Å²) in [4.78, 5) is 0. The molecule has 7 heteroatoms. The van der Waals surface area contributed by atoms with Gasteiger partial charge in [0.05, 0.1) is 4.43 Å². The Balaban J connectivity index is 4.56. The number of hydrogen-bond donors (Lipinski definition) is 1. The maximum atomic E-state index is 11.8. The van der Waals surface area contributed by atoms with Gasteiger partial charge in [0, 0.05) is 0 Å². The summed E-state index contributed by atoms with van der Waals surface area (Å²) in [5.41, 5.74) is 0. The van der Waals surface area contributed by atoms with Crippen molar-refractivity contribution in [2.75, 3.05) is 4.43 Å². The molecule has 0 aromatic rings. The van der Waals surface area contributed by atoms with E-state index in [9.17, 15) is 17.2 Å². The van der Waals surface area contributed by atoms with Crippen LogP contribution in [-0.2, 0) is 10.1 Å². The van der Waals surface area contributed by atoms with Crippen LogP contribution in [0.25, 0.3) is 0 Å². The first-order valence-electron chi connectivity index (χ1n) is 1.72. The second-order valence-electron chi connectivity index (χ2n) is 1.25. The van der Waals surface area contributed by atoms with Gasteiger partial charge in [0.2, 0.25) is 0 Å². The first kappa shape index (κ1) is 9.50. The Hall–Kier alpha value is 0.500. The third kappa shape index (κ3) is 2.30. The molecule has 0 amide bonds. The quantitative estimate of drug-likeness (QED) is 0.461. The highest BCUT2D eigenvalue weighted by Gasteiger charge is 2.42. The van der Waals surface area contributed by atoms with E-state index in [1.165, 1.54) is 22.6 Å². The average Bonchev–Trinajstić information content (AvgIpc) is 1.64. The van der Waals surface area contributed by atoms with Gasteiger partial charge in [-0.05, 0) is 0 Å². The first-order chi connectivity index (χ1) is 3.81. The van der Waals surface area contributed by atoms with Crippen LogP contribution >= 0.6 is 22.6 Å². The van der Waals surface area contributed by atoms with Gasteiger partial charge in [0.25, 0.3) is 0 Å². The Morgan fingerprint density at radius 1 is 1.56 bits per heavy atom. The van der Waals surface area contributed by atoms with Gasteiger partial charge in [-0.25, -0.2) is 0 Å². The predicted molar refractivity (Wildman–Crippen MR) is 35.4 cm³/mol. The molecule has 0 aliphatic heterocycles. The number of halogens is 3. The molecule has 0 fully saturated rings. The monoisotopic (exact) mass is 272 g/mol. The van der Waals surface area contributed by atoms with Gasteiger partial charge < -0.3 is 0 Å². The maximum Gasteiger partial charge on any atom is 0.378 e. The second-order valence-corrected chi connectivity index (χ2v) is 3.56. The normalized spacial score (nSPS) is 13.8. The summed E-state index contributed by atoms with van der Waals surface area (Å²) >= 11 is 1.17. The Labute approximate surface area is 64.3 Å². The third-order valence-corrected chi connectivity index (χ3v) is 2.91. The molecule has 0 radical (unpaired) electrons. The predicted octanol–water partition coefficient (Wildman–Crippen LogP) is 0.902. The fourth-order valence-electron chi connectivity index (χ4n) is 0.0689. The van der Waals surface area contributed by atoms with E-state index >= 15 is 0 Å². The van der Waals surface area contributed by atoms with Crippen molar-refractivity contribution < 1.29 is 21.8 Å². The minimum Gasteiger partial charge on any atom is -0.281 e. The number of rotatable bonds is 2. The summed E-state index contributed by atoms with van der Waals surface area (Å²) in [7, 11) is -5.19. The van der Waals surface area contributed by atoms with E-state index < -0.39 is 19.8 Å². The summed E-state index contributed by atoms with van der Waals surface area (Å²) in [6.07, 6.45) is 0. The van der Waals surface area contributed by atoms with Gasteiger partial charge in [-0.1, -0.05) is 22.6 Å². The van der Waals surface area contributed by atoms with Crippen molar-refractivity contribution in [1.29, 1.82) is 0 Å². The fraction of sp³-hybridized carbons (Fsp3) is 1.00. The molecule has 3 nitrogen and oxygen atoms in total. The topological polar surface area (TPSA) is 54.4 Å². The van der Waals surface area contributed by atoms with Crippen LogP contribution in [0.15, 0.2) is 0 Å². The van der Waals surface area contributed by atoms with Gasteiger partial charge in [-0.3, -0.25) is 4.55 Å². The van der Waals surface area contributed by atoms with Crippen LogP contribution in [0.3, 0.4) is 0 Å². The van der Waals surface area contributed by atoms with E-state index in [4.69, 9.17) is 4.55 Å². The summed E-state index contributed by atoms with van der Waals surface area (Å²) in [6.45, 7) is 0.